The van der Waals surface area contributed by atoms with Gasteiger partial charge in [-0.1, -0.05) is 30.0 Å². The van der Waals surface area contributed by atoms with Gasteiger partial charge < -0.3 is 14.6 Å². The van der Waals surface area contributed by atoms with Gasteiger partial charge in [-0.2, -0.15) is 0 Å². The number of aromatic nitrogens is 1. The van der Waals surface area contributed by atoms with Gasteiger partial charge in [-0.25, -0.2) is 4.39 Å². The van der Waals surface area contributed by atoms with E-state index in [4.69, 9.17) is 0 Å². The van der Waals surface area contributed by atoms with Gasteiger partial charge in [0, 0.05) is 35.0 Å². The van der Waals surface area contributed by atoms with Crippen molar-refractivity contribution in [2.45, 2.75) is 9.79 Å². The highest BCUT2D eigenvalue weighted by molar-refractivity contribution is 7.99. The Hall–Kier alpha value is -3.58. The molecule has 1 aromatic heterocycles. The normalized spacial score (nSPS) is 10.9. The molecule has 31 heavy (non-hydrogen) atoms. The number of anilines is 1. The number of nitrogens with zero attached hydrogens (tertiary/aromatic N) is 2. The highest BCUT2D eigenvalue weighted by Crippen LogP contribution is 2.34. The Morgan fingerprint density at radius 3 is 2.32 bits per heavy atom. The lowest BCUT2D eigenvalue weighted by Crippen LogP contribution is -2.34. The summed E-state index contributed by atoms with van der Waals surface area (Å²) in [5.74, 6) is -1.27. The molecule has 4 aromatic rings. The van der Waals surface area contributed by atoms with Gasteiger partial charge in [0.05, 0.1) is 5.52 Å². The molecule has 7 heteroatoms. The van der Waals surface area contributed by atoms with Gasteiger partial charge in [0.25, 0.3) is 11.5 Å². The molecule has 1 amide bonds. The van der Waals surface area contributed by atoms with E-state index in [0.717, 1.165) is 9.79 Å². The third-order valence-corrected chi connectivity index (χ3v) is 6.05. The first-order valence-electron chi connectivity index (χ1n) is 9.49. The van der Waals surface area contributed by atoms with Crippen molar-refractivity contribution in [2.75, 3.05) is 11.9 Å². The van der Waals surface area contributed by atoms with Crippen LogP contribution >= 0.6 is 11.8 Å². The van der Waals surface area contributed by atoms with Gasteiger partial charge in [0.1, 0.15) is 17.1 Å². The van der Waals surface area contributed by atoms with Crippen LogP contribution in [0, 0.1) is 5.82 Å². The molecular formula is C24H19FN2O3S. The predicted octanol–water partition coefficient (Wildman–Crippen LogP) is 4.81. The Balaban J connectivity index is 1.80. The molecule has 1 N–H and O–H groups in total. The van der Waals surface area contributed by atoms with Gasteiger partial charge >= 0.3 is 0 Å². The van der Waals surface area contributed by atoms with Gasteiger partial charge in [-0.15, -0.1) is 0 Å². The predicted molar refractivity (Wildman–Crippen MR) is 121 cm³/mol. The van der Waals surface area contributed by atoms with Crippen molar-refractivity contribution < 1.29 is 14.3 Å². The molecule has 0 aliphatic carbocycles. The number of hydrogen-bond acceptors (Lipinski definition) is 4. The number of hydrogen-bond donors (Lipinski definition) is 1. The van der Waals surface area contributed by atoms with Crippen LogP contribution in [-0.2, 0) is 7.05 Å². The average Bonchev–Trinajstić information content (AvgIpc) is 2.79. The highest BCUT2D eigenvalue weighted by atomic mass is 32.2. The SMILES string of the molecule is CN(C(=O)c1c(O)c2cc(Sc3ccc(F)cc3)ccc2n(C)c1=O)c1ccccc1. The second-order valence-electron chi connectivity index (χ2n) is 7.02. The molecule has 4 rings (SSSR count). The molecule has 0 atom stereocenters. The molecule has 3 aromatic carbocycles. The number of para-hydroxylation sites is 1. The molecule has 0 aliphatic heterocycles. The fourth-order valence-electron chi connectivity index (χ4n) is 3.34. The Morgan fingerprint density at radius 1 is 1.00 bits per heavy atom. The largest absolute Gasteiger partial charge is 0.506 e. The van der Waals surface area contributed by atoms with Crippen LogP contribution in [0.4, 0.5) is 10.1 Å². The van der Waals surface area contributed by atoms with Crippen LogP contribution in [0.15, 0.2) is 87.4 Å². The number of rotatable bonds is 4. The van der Waals surface area contributed by atoms with Crippen LogP contribution in [0.3, 0.4) is 0 Å². The molecule has 0 spiro atoms. The first-order valence-corrected chi connectivity index (χ1v) is 10.3. The Kier molecular flexibility index (Phi) is 5.52. The van der Waals surface area contributed by atoms with E-state index in [1.54, 1.807) is 62.6 Å². The van der Waals surface area contributed by atoms with E-state index in [9.17, 15) is 19.1 Å². The summed E-state index contributed by atoms with van der Waals surface area (Å²) in [7, 11) is 3.12. The van der Waals surface area contributed by atoms with Crippen LogP contribution in [0.25, 0.3) is 10.9 Å². The van der Waals surface area contributed by atoms with E-state index in [1.165, 1.54) is 33.4 Å². The van der Waals surface area contributed by atoms with Crippen molar-refractivity contribution in [3.8, 4) is 5.75 Å². The van der Waals surface area contributed by atoms with Crippen LogP contribution in [-0.4, -0.2) is 22.6 Å². The number of aromatic hydroxyl groups is 1. The molecule has 0 saturated carbocycles. The Bertz CT molecular complexity index is 1340. The van der Waals surface area contributed by atoms with Crippen molar-refractivity contribution >= 4 is 34.3 Å². The molecule has 0 unspecified atom stereocenters. The lowest BCUT2D eigenvalue weighted by molar-refractivity contribution is 0.0988. The number of carbonyl (C=O) groups excluding carboxylic acids is 1. The zero-order chi connectivity index (χ0) is 22.1. The van der Waals surface area contributed by atoms with Crippen molar-refractivity contribution in [1.82, 2.24) is 4.57 Å². The van der Waals surface area contributed by atoms with Crippen molar-refractivity contribution in [3.63, 3.8) is 0 Å². The van der Waals surface area contributed by atoms with E-state index < -0.39 is 11.5 Å². The lowest BCUT2D eigenvalue weighted by atomic mass is 10.1. The second kappa shape index (κ2) is 8.28. The van der Waals surface area contributed by atoms with Crippen molar-refractivity contribution in [3.05, 3.63) is 94.5 Å². The number of amides is 1. The third kappa shape index (κ3) is 3.92. The molecule has 5 nitrogen and oxygen atoms in total. The minimum atomic E-state index is -0.595. The van der Waals surface area contributed by atoms with Gasteiger partial charge in [0.2, 0.25) is 0 Å². The summed E-state index contributed by atoms with van der Waals surface area (Å²) in [6.45, 7) is 0. The summed E-state index contributed by atoms with van der Waals surface area (Å²) in [6.07, 6.45) is 0. The van der Waals surface area contributed by atoms with Gasteiger partial charge in [-0.3, -0.25) is 9.59 Å². The smallest absolute Gasteiger partial charge is 0.267 e. The number of carbonyl (C=O) groups is 1. The Labute approximate surface area is 182 Å². The van der Waals surface area contributed by atoms with Gasteiger partial charge in [0.15, 0.2) is 0 Å². The van der Waals surface area contributed by atoms with E-state index >= 15 is 0 Å². The summed E-state index contributed by atoms with van der Waals surface area (Å²) in [5, 5.41) is 11.3. The first-order chi connectivity index (χ1) is 14.9. The number of fused-ring (bicyclic) bond motifs is 1. The van der Waals surface area contributed by atoms with Crippen LogP contribution < -0.4 is 10.5 Å². The van der Waals surface area contributed by atoms with Crippen molar-refractivity contribution in [1.29, 1.82) is 0 Å². The summed E-state index contributed by atoms with van der Waals surface area (Å²) in [6, 6.07) is 20.2. The molecule has 0 bridgehead atoms. The fraction of sp³-hybridized carbons (Fsp3) is 0.0833. The van der Waals surface area contributed by atoms with Crippen molar-refractivity contribution in [2.24, 2.45) is 7.05 Å². The summed E-state index contributed by atoms with van der Waals surface area (Å²) in [4.78, 5) is 28.9. The van der Waals surface area contributed by atoms with E-state index in [2.05, 4.69) is 0 Å². The van der Waals surface area contributed by atoms with E-state index in [0.29, 0.717) is 16.6 Å². The zero-order valence-corrected chi connectivity index (χ0v) is 17.7. The molecule has 0 radical (unpaired) electrons. The number of aryl methyl sites for hydroxylation is 1. The molecule has 1 heterocycles. The third-order valence-electron chi connectivity index (χ3n) is 5.05. The second-order valence-corrected chi connectivity index (χ2v) is 8.17. The van der Waals surface area contributed by atoms with Gasteiger partial charge in [-0.05, 0) is 54.6 Å². The van der Waals surface area contributed by atoms with E-state index in [-0.39, 0.29) is 17.1 Å². The summed E-state index contributed by atoms with van der Waals surface area (Å²) < 4.78 is 14.5. The lowest BCUT2D eigenvalue weighted by Gasteiger charge is -2.19. The molecule has 156 valence electrons. The number of halogens is 1. The molecule has 0 saturated heterocycles. The van der Waals surface area contributed by atoms with E-state index in [1.807, 2.05) is 12.1 Å². The molecule has 0 aliphatic rings. The molecular weight excluding hydrogens is 415 g/mol. The monoisotopic (exact) mass is 434 g/mol. The minimum Gasteiger partial charge on any atom is -0.506 e. The quantitative estimate of drug-likeness (QED) is 0.501. The fourth-order valence-corrected chi connectivity index (χ4v) is 4.20. The Morgan fingerprint density at radius 2 is 1.65 bits per heavy atom. The maximum absolute atomic E-state index is 13.2. The number of benzene rings is 3. The maximum Gasteiger partial charge on any atom is 0.267 e. The first kappa shape index (κ1) is 20.7. The maximum atomic E-state index is 13.2. The minimum absolute atomic E-state index is 0.287. The average molecular weight is 434 g/mol. The summed E-state index contributed by atoms with van der Waals surface area (Å²) >= 11 is 1.39. The number of pyridine rings is 1. The van der Waals surface area contributed by atoms with Crippen LogP contribution in [0.2, 0.25) is 0 Å². The summed E-state index contributed by atoms with van der Waals surface area (Å²) in [5.41, 5.74) is 0.251. The molecule has 0 fully saturated rings. The standard InChI is InChI=1S/C24H19FN2O3S/c1-26(16-6-4-3-5-7-16)23(29)21-22(28)19-14-18(12-13-20(19)27(2)24(21)30)31-17-10-8-15(25)9-11-17/h3-14,28H,1-2H3. The zero-order valence-electron chi connectivity index (χ0n) is 16.9. The topological polar surface area (TPSA) is 62.5 Å². The van der Waals surface area contributed by atoms with Crippen LogP contribution in [0.1, 0.15) is 10.4 Å². The van der Waals surface area contributed by atoms with Crippen LogP contribution in [0.5, 0.6) is 5.75 Å². The highest BCUT2D eigenvalue weighted by Gasteiger charge is 2.25.